The van der Waals surface area contributed by atoms with Gasteiger partial charge in [-0.3, -0.25) is 9.59 Å². The fourth-order valence-corrected chi connectivity index (χ4v) is 2.89. The van der Waals surface area contributed by atoms with Crippen molar-refractivity contribution in [2.24, 2.45) is 5.10 Å². The predicted octanol–water partition coefficient (Wildman–Crippen LogP) is 4.97. The highest BCUT2D eigenvalue weighted by atomic mass is 35.5. The van der Waals surface area contributed by atoms with Gasteiger partial charge < -0.3 is 10.1 Å². The van der Waals surface area contributed by atoms with E-state index in [9.17, 15) is 9.59 Å². The largest absolute Gasteiger partial charge is 0.489 e. The molecule has 0 aromatic heterocycles. The number of hydrazone groups is 1. The van der Waals surface area contributed by atoms with Gasteiger partial charge in [0.2, 0.25) is 0 Å². The van der Waals surface area contributed by atoms with E-state index in [1.165, 1.54) is 24.4 Å². The number of amides is 2. The molecule has 158 valence electrons. The number of carbonyl (C=O) groups excluding carboxylic acids is 2. The van der Waals surface area contributed by atoms with Crippen LogP contribution in [0.2, 0.25) is 10.0 Å². The molecule has 3 rings (SSSR count). The normalized spacial score (nSPS) is 10.7. The lowest BCUT2D eigenvalue weighted by Crippen LogP contribution is -2.32. The minimum Gasteiger partial charge on any atom is -0.489 e. The van der Waals surface area contributed by atoms with E-state index in [0.29, 0.717) is 28.6 Å². The van der Waals surface area contributed by atoms with Gasteiger partial charge in [0.15, 0.2) is 0 Å². The molecule has 0 aliphatic carbocycles. The second kappa shape index (κ2) is 10.6. The van der Waals surface area contributed by atoms with Crippen LogP contribution in [0, 0.1) is 6.92 Å². The Balaban J connectivity index is 1.53. The minimum atomic E-state index is -0.922. The predicted molar refractivity (Wildman–Crippen MR) is 123 cm³/mol. The van der Waals surface area contributed by atoms with Crippen LogP contribution in [-0.2, 0) is 16.2 Å². The van der Waals surface area contributed by atoms with Gasteiger partial charge in [0.05, 0.1) is 16.3 Å². The highest BCUT2D eigenvalue weighted by Crippen LogP contribution is 2.24. The van der Waals surface area contributed by atoms with Crippen molar-refractivity contribution in [1.82, 2.24) is 5.43 Å². The summed E-state index contributed by atoms with van der Waals surface area (Å²) in [5.41, 5.74) is 5.48. The number of carbonyl (C=O) groups is 2. The molecule has 2 N–H and O–H groups in total. The number of ether oxygens (including phenoxy) is 1. The number of nitrogens with zero attached hydrogens (tertiary/aromatic N) is 1. The van der Waals surface area contributed by atoms with Crippen molar-refractivity contribution in [2.75, 3.05) is 5.32 Å². The van der Waals surface area contributed by atoms with Crippen LogP contribution in [0.25, 0.3) is 0 Å². The molecule has 31 heavy (non-hydrogen) atoms. The first-order valence-electron chi connectivity index (χ1n) is 9.29. The molecular weight excluding hydrogens is 437 g/mol. The van der Waals surface area contributed by atoms with Crippen LogP contribution in [0.3, 0.4) is 0 Å². The highest BCUT2D eigenvalue weighted by Gasteiger charge is 2.13. The van der Waals surface area contributed by atoms with E-state index in [4.69, 9.17) is 27.9 Å². The number of hydrogen-bond acceptors (Lipinski definition) is 4. The van der Waals surface area contributed by atoms with Crippen molar-refractivity contribution in [3.8, 4) is 5.75 Å². The summed E-state index contributed by atoms with van der Waals surface area (Å²) in [5.74, 6) is -1.14. The second-order valence-electron chi connectivity index (χ2n) is 6.57. The van der Waals surface area contributed by atoms with Gasteiger partial charge in [0.25, 0.3) is 0 Å². The third kappa shape index (κ3) is 6.57. The lowest BCUT2D eigenvalue weighted by atomic mass is 10.1. The first kappa shape index (κ1) is 22.3. The fourth-order valence-electron chi connectivity index (χ4n) is 2.60. The van der Waals surface area contributed by atoms with E-state index < -0.39 is 11.8 Å². The van der Waals surface area contributed by atoms with Crippen LogP contribution >= 0.6 is 23.2 Å². The monoisotopic (exact) mass is 455 g/mol. The number of aryl methyl sites for hydroxylation is 1. The molecular formula is C23H19Cl2N3O3. The second-order valence-corrected chi connectivity index (χ2v) is 7.38. The van der Waals surface area contributed by atoms with Gasteiger partial charge in [-0.25, -0.2) is 5.43 Å². The van der Waals surface area contributed by atoms with Crippen molar-refractivity contribution >= 4 is 46.9 Å². The summed E-state index contributed by atoms with van der Waals surface area (Å²) in [4.78, 5) is 23.9. The van der Waals surface area contributed by atoms with Crippen molar-refractivity contribution in [3.63, 3.8) is 0 Å². The number of halogens is 2. The summed E-state index contributed by atoms with van der Waals surface area (Å²) in [5, 5.41) is 6.85. The van der Waals surface area contributed by atoms with Crippen molar-refractivity contribution < 1.29 is 14.3 Å². The van der Waals surface area contributed by atoms with Gasteiger partial charge in [-0.2, -0.15) is 5.10 Å². The van der Waals surface area contributed by atoms with Gasteiger partial charge in [-0.15, -0.1) is 0 Å². The lowest BCUT2D eigenvalue weighted by Gasteiger charge is -2.09. The van der Waals surface area contributed by atoms with E-state index in [2.05, 4.69) is 15.8 Å². The van der Waals surface area contributed by atoms with Crippen molar-refractivity contribution in [1.29, 1.82) is 0 Å². The summed E-state index contributed by atoms with van der Waals surface area (Å²) < 4.78 is 5.83. The zero-order chi connectivity index (χ0) is 22.2. The lowest BCUT2D eigenvalue weighted by molar-refractivity contribution is -0.136. The van der Waals surface area contributed by atoms with Gasteiger partial charge in [-0.05, 0) is 53.9 Å². The summed E-state index contributed by atoms with van der Waals surface area (Å²) in [6, 6.07) is 19.7. The maximum absolute atomic E-state index is 12.0. The standard InChI is InChI=1S/C23H19Cl2N3O3/c1-15-5-2-3-7-17(15)14-31-19-8-4-6-16(11-19)13-26-28-23(30)22(29)27-18-9-10-20(24)21(25)12-18/h2-13H,14H2,1H3,(H,27,29)(H,28,30). The van der Waals surface area contributed by atoms with Gasteiger partial charge in [0, 0.05) is 5.69 Å². The Kier molecular flexibility index (Phi) is 7.65. The molecule has 0 atom stereocenters. The van der Waals surface area contributed by atoms with Gasteiger partial charge >= 0.3 is 11.8 Å². The summed E-state index contributed by atoms with van der Waals surface area (Å²) in [6.07, 6.45) is 1.42. The molecule has 0 radical (unpaired) electrons. The Bertz CT molecular complexity index is 1130. The molecule has 0 aliphatic heterocycles. The summed E-state index contributed by atoms with van der Waals surface area (Å²) in [7, 11) is 0. The Morgan fingerprint density at radius 3 is 2.55 bits per heavy atom. The van der Waals surface area contributed by atoms with Crippen LogP contribution in [-0.4, -0.2) is 18.0 Å². The highest BCUT2D eigenvalue weighted by molar-refractivity contribution is 6.42. The number of benzene rings is 3. The molecule has 3 aromatic rings. The maximum atomic E-state index is 12.0. The fraction of sp³-hybridized carbons (Fsp3) is 0.0870. The minimum absolute atomic E-state index is 0.266. The van der Waals surface area contributed by atoms with E-state index in [1.807, 2.05) is 43.3 Å². The average molecular weight is 456 g/mol. The molecule has 0 saturated heterocycles. The zero-order valence-corrected chi connectivity index (χ0v) is 18.1. The van der Waals surface area contributed by atoms with Crippen LogP contribution in [0.15, 0.2) is 71.8 Å². The average Bonchev–Trinajstić information content (AvgIpc) is 2.76. The molecule has 0 bridgehead atoms. The van der Waals surface area contributed by atoms with Gasteiger partial charge in [0.1, 0.15) is 12.4 Å². The molecule has 0 fully saturated rings. The quantitative estimate of drug-likeness (QED) is 0.312. The number of nitrogens with one attached hydrogen (secondary N) is 2. The molecule has 0 saturated carbocycles. The molecule has 8 heteroatoms. The third-order valence-corrected chi connectivity index (χ3v) is 5.02. The van der Waals surface area contributed by atoms with E-state index >= 15 is 0 Å². The number of rotatable bonds is 6. The Morgan fingerprint density at radius 1 is 0.968 bits per heavy atom. The van der Waals surface area contributed by atoms with Crippen molar-refractivity contribution in [2.45, 2.75) is 13.5 Å². The molecule has 0 spiro atoms. The smallest absolute Gasteiger partial charge is 0.329 e. The van der Waals surface area contributed by atoms with Crippen LogP contribution in [0.1, 0.15) is 16.7 Å². The molecule has 0 unspecified atom stereocenters. The molecule has 6 nitrogen and oxygen atoms in total. The third-order valence-electron chi connectivity index (χ3n) is 4.28. The number of anilines is 1. The first-order chi connectivity index (χ1) is 14.9. The SMILES string of the molecule is Cc1ccccc1COc1cccc(C=NNC(=O)C(=O)Nc2ccc(Cl)c(Cl)c2)c1. The Labute approximate surface area is 189 Å². The molecule has 0 heterocycles. The van der Waals surface area contributed by atoms with E-state index in [0.717, 1.165) is 11.1 Å². The number of hydrogen-bond donors (Lipinski definition) is 2. The van der Waals surface area contributed by atoms with E-state index in [-0.39, 0.29) is 5.02 Å². The Hall–Kier alpha value is -3.35. The van der Waals surface area contributed by atoms with Crippen LogP contribution < -0.4 is 15.5 Å². The van der Waals surface area contributed by atoms with E-state index in [1.54, 1.807) is 12.1 Å². The topological polar surface area (TPSA) is 79.8 Å². The van der Waals surface area contributed by atoms with Crippen LogP contribution in [0.5, 0.6) is 5.75 Å². The molecule has 3 aromatic carbocycles. The summed E-state index contributed by atoms with van der Waals surface area (Å²) in [6.45, 7) is 2.47. The maximum Gasteiger partial charge on any atom is 0.329 e. The Morgan fingerprint density at radius 2 is 1.77 bits per heavy atom. The zero-order valence-electron chi connectivity index (χ0n) is 16.6. The first-order valence-corrected chi connectivity index (χ1v) is 10.0. The van der Waals surface area contributed by atoms with Gasteiger partial charge in [-0.1, -0.05) is 59.6 Å². The van der Waals surface area contributed by atoms with Crippen LogP contribution in [0.4, 0.5) is 5.69 Å². The molecule has 2 amide bonds. The summed E-state index contributed by atoms with van der Waals surface area (Å²) >= 11 is 11.7. The van der Waals surface area contributed by atoms with Crippen molar-refractivity contribution in [3.05, 3.63) is 93.5 Å². The molecule has 0 aliphatic rings.